The van der Waals surface area contributed by atoms with Gasteiger partial charge in [0.05, 0.1) is 4.88 Å². The zero-order valence-electron chi connectivity index (χ0n) is 9.32. The molecule has 2 nitrogen and oxygen atoms in total. The van der Waals surface area contributed by atoms with Gasteiger partial charge in [0, 0.05) is 6.54 Å². The highest BCUT2D eigenvalue weighted by molar-refractivity contribution is 7.12. The second-order valence-electron chi connectivity index (χ2n) is 5.03. The molecule has 0 atom stereocenters. The Labute approximate surface area is 100 Å². The predicted molar refractivity (Wildman–Crippen MR) is 65.6 cm³/mol. The van der Waals surface area contributed by atoms with Gasteiger partial charge in [-0.2, -0.15) is 0 Å². The molecule has 0 unspecified atom stereocenters. The van der Waals surface area contributed by atoms with E-state index in [4.69, 9.17) is 0 Å². The molecule has 0 spiro atoms. The third kappa shape index (κ3) is 2.29. The van der Waals surface area contributed by atoms with Crippen LogP contribution in [-0.4, -0.2) is 12.5 Å². The first-order valence-electron chi connectivity index (χ1n) is 6.16. The van der Waals surface area contributed by atoms with E-state index in [-0.39, 0.29) is 5.91 Å². The monoisotopic (exact) mass is 235 g/mol. The molecule has 3 rings (SSSR count). The molecule has 0 radical (unpaired) electrons. The van der Waals surface area contributed by atoms with Crippen LogP contribution in [0.25, 0.3) is 0 Å². The number of rotatable bonds is 5. The van der Waals surface area contributed by atoms with Gasteiger partial charge in [-0.05, 0) is 54.9 Å². The van der Waals surface area contributed by atoms with Crippen molar-refractivity contribution in [3.05, 3.63) is 22.4 Å². The summed E-state index contributed by atoms with van der Waals surface area (Å²) >= 11 is 1.52. The normalized spacial score (nSPS) is 20.1. The molecule has 2 saturated carbocycles. The SMILES string of the molecule is O=C(NCC(C1CC1)C1CC1)c1cccs1. The molecular weight excluding hydrogens is 218 g/mol. The summed E-state index contributed by atoms with van der Waals surface area (Å²) in [5.74, 6) is 2.71. The Morgan fingerprint density at radius 1 is 1.38 bits per heavy atom. The van der Waals surface area contributed by atoms with Gasteiger partial charge in [0.2, 0.25) is 0 Å². The molecule has 1 amide bonds. The third-order valence-electron chi connectivity index (χ3n) is 3.70. The van der Waals surface area contributed by atoms with Gasteiger partial charge in [0.1, 0.15) is 0 Å². The molecule has 2 aliphatic rings. The summed E-state index contributed by atoms with van der Waals surface area (Å²) in [6, 6.07) is 3.82. The molecule has 0 bridgehead atoms. The predicted octanol–water partition coefficient (Wildman–Crippen LogP) is 2.91. The smallest absolute Gasteiger partial charge is 0.261 e. The van der Waals surface area contributed by atoms with Gasteiger partial charge in [0.15, 0.2) is 0 Å². The van der Waals surface area contributed by atoms with E-state index in [1.54, 1.807) is 0 Å². The summed E-state index contributed by atoms with van der Waals surface area (Å²) in [6.07, 6.45) is 5.54. The molecule has 1 heterocycles. The van der Waals surface area contributed by atoms with Crippen molar-refractivity contribution in [1.29, 1.82) is 0 Å². The van der Waals surface area contributed by atoms with E-state index in [1.165, 1.54) is 37.0 Å². The lowest BCUT2D eigenvalue weighted by Gasteiger charge is -2.15. The highest BCUT2D eigenvalue weighted by atomic mass is 32.1. The average molecular weight is 235 g/mol. The van der Waals surface area contributed by atoms with Crippen molar-refractivity contribution < 1.29 is 4.79 Å². The van der Waals surface area contributed by atoms with Crippen molar-refractivity contribution in [3.8, 4) is 0 Å². The number of carbonyl (C=O) groups is 1. The molecule has 0 aromatic carbocycles. The molecule has 86 valence electrons. The van der Waals surface area contributed by atoms with Crippen LogP contribution >= 0.6 is 11.3 Å². The Morgan fingerprint density at radius 3 is 2.56 bits per heavy atom. The van der Waals surface area contributed by atoms with Crippen molar-refractivity contribution in [2.45, 2.75) is 25.7 Å². The van der Waals surface area contributed by atoms with E-state index in [0.717, 1.165) is 29.2 Å². The highest BCUT2D eigenvalue weighted by Gasteiger charge is 2.41. The van der Waals surface area contributed by atoms with E-state index in [2.05, 4.69) is 5.32 Å². The molecule has 2 fully saturated rings. The molecule has 16 heavy (non-hydrogen) atoms. The maximum absolute atomic E-state index is 11.8. The van der Waals surface area contributed by atoms with Crippen molar-refractivity contribution >= 4 is 17.2 Å². The van der Waals surface area contributed by atoms with Gasteiger partial charge >= 0.3 is 0 Å². The second kappa shape index (κ2) is 4.21. The summed E-state index contributed by atoms with van der Waals surface area (Å²) in [4.78, 5) is 12.6. The summed E-state index contributed by atoms with van der Waals surface area (Å²) in [5.41, 5.74) is 0. The number of hydrogen-bond donors (Lipinski definition) is 1. The van der Waals surface area contributed by atoms with Crippen LogP contribution in [0.4, 0.5) is 0 Å². The summed E-state index contributed by atoms with van der Waals surface area (Å²) < 4.78 is 0. The Hall–Kier alpha value is -0.830. The van der Waals surface area contributed by atoms with E-state index < -0.39 is 0 Å². The van der Waals surface area contributed by atoms with Crippen LogP contribution in [0, 0.1) is 17.8 Å². The first-order chi connectivity index (χ1) is 7.84. The maximum Gasteiger partial charge on any atom is 0.261 e. The zero-order chi connectivity index (χ0) is 11.0. The van der Waals surface area contributed by atoms with Crippen LogP contribution in [0.1, 0.15) is 35.4 Å². The fourth-order valence-corrected chi connectivity index (χ4v) is 3.11. The van der Waals surface area contributed by atoms with Crippen molar-refractivity contribution in [2.75, 3.05) is 6.54 Å². The van der Waals surface area contributed by atoms with Gasteiger partial charge in [-0.15, -0.1) is 11.3 Å². The van der Waals surface area contributed by atoms with Gasteiger partial charge in [-0.25, -0.2) is 0 Å². The largest absolute Gasteiger partial charge is 0.351 e. The molecular formula is C13H17NOS. The van der Waals surface area contributed by atoms with Gasteiger partial charge in [-0.1, -0.05) is 6.07 Å². The Bertz CT molecular complexity index is 353. The lowest BCUT2D eigenvalue weighted by atomic mass is 9.98. The molecule has 0 aliphatic heterocycles. The van der Waals surface area contributed by atoms with Crippen LogP contribution in [0.3, 0.4) is 0 Å². The van der Waals surface area contributed by atoms with E-state index in [9.17, 15) is 4.79 Å². The third-order valence-corrected chi connectivity index (χ3v) is 4.57. The van der Waals surface area contributed by atoms with Crippen LogP contribution in [-0.2, 0) is 0 Å². The molecule has 2 aliphatic carbocycles. The lowest BCUT2D eigenvalue weighted by Crippen LogP contribution is -2.30. The Balaban J connectivity index is 1.53. The number of hydrogen-bond acceptors (Lipinski definition) is 2. The number of nitrogens with one attached hydrogen (secondary N) is 1. The van der Waals surface area contributed by atoms with Crippen LogP contribution < -0.4 is 5.32 Å². The minimum atomic E-state index is 0.112. The fourth-order valence-electron chi connectivity index (χ4n) is 2.47. The quantitative estimate of drug-likeness (QED) is 0.835. The zero-order valence-corrected chi connectivity index (χ0v) is 10.1. The van der Waals surface area contributed by atoms with Crippen LogP contribution in [0.5, 0.6) is 0 Å². The van der Waals surface area contributed by atoms with Crippen molar-refractivity contribution in [2.24, 2.45) is 17.8 Å². The van der Waals surface area contributed by atoms with Gasteiger partial charge in [-0.3, -0.25) is 4.79 Å². The fraction of sp³-hybridized carbons (Fsp3) is 0.615. The summed E-state index contributed by atoms with van der Waals surface area (Å²) in [7, 11) is 0. The van der Waals surface area contributed by atoms with E-state index in [0.29, 0.717) is 0 Å². The minimum Gasteiger partial charge on any atom is -0.351 e. The van der Waals surface area contributed by atoms with Crippen LogP contribution in [0.15, 0.2) is 17.5 Å². The highest BCUT2D eigenvalue weighted by Crippen LogP contribution is 2.48. The molecule has 3 heteroatoms. The molecule has 1 N–H and O–H groups in total. The van der Waals surface area contributed by atoms with E-state index in [1.807, 2.05) is 17.5 Å². The van der Waals surface area contributed by atoms with Gasteiger partial charge in [0.25, 0.3) is 5.91 Å². The first kappa shape index (κ1) is 10.3. The Morgan fingerprint density at radius 2 is 2.06 bits per heavy atom. The second-order valence-corrected chi connectivity index (χ2v) is 5.97. The van der Waals surface area contributed by atoms with Crippen molar-refractivity contribution in [3.63, 3.8) is 0 Å². The summed E-state index contributed by atoms with van der Waals surface area (Å²) in [6.45, 7) is 0.895. The maximum atomic E-state index is 11.8. The average Bonchev–Trinajstić information content (AvgIpc) is 3.21. The van der Waals surface area contributed by atoms with Crippen molar-refractivity contribution in [1.82, 2.24) is 5.32 Å². The molecule has 1 aromatic rings. The van der Waals surface area contributed by atoms with Gasteiger partial charge < -0.3 is 5.32 Å². The number of carbonyl (C=O) groups excluding carboxylic acids is 1. The summed E-state index contributed by atoms with van der Waals surface area (Å²) in [5, 5.41) is 5.05. The number of thiophene rings is 1. The Kier molecular flexibility index (Phi) is 2.72. The minimum absolute atomic E-state index is 0.112. The first-order valence-corrected chi connectivity index (χ1v) is 7.04. The van der Waals surface area contributed by atoms with Crippen LogP contribution in [0.2, 0.25) is 0 Å². The standard InChI is InChI=1S/C13H17NOS/c15-13(12-2-1-7-16-12)14-8-11(9-3-4-9)10-5-6-10/h1-2,7,9-11H,3-6,8H2,(H,14,15). The lowest BCUT2D eigenvalue weighted by molar-refractivity contribution is 0.0947. The topological polar surface area (TPSA) is 29.1 Å². The van der Waals surface area contributed by atoms with E-state index >= 15 is 0 Å². The molecule has 1 aromatic heterocycles. The molecule has 0 saturated heterocycles. The number of amides is 1.